The van der Waals surface area contributed by atoms with Gasteiger partial charge < -0.3 is 19.2 Å². The van der Waals surface area contributed by atoms with Crippen LogP contribution in [0, 0.1) is 23.7 Å². The highest BCUT2D eigenvalue weighted by atomic mass is 16.5. The molecule has 3 amide bonds. The van der Waals surface area contributed by atoms with Gasteiger partial charge in [-0.15, -0.1) is 0 Å². The van der Waals surface area contributed by atoms with Crippen molar-refractivity contribution in [2.45, 2.75) is 57.0 Å². The van der Waals surface area contributed by atoms with E-state index in [0.717, 1.165) is 32.4 Å². The molecular weight excluding hydrogens is 396 g/mol. The predicted molar refractivity (Wildman–Crippen MR) is 110 cm³/mol. The molecule has 0 N–H and O–H groups in total. The fourth-order valence-corrected chi connectivity index (χ4v) is 7.23. The van der Waals surface area contributed by atoms with E-state index in [-0.39, 0.29) is 35.6 Å². The first kappa shape index (κ1) is 19.3. The molecule has 1 saturated carbocycles. The van der Waals surface area contributed by atoms with Gasteiger partial charge in [0.25, 0.3) is 5.91 Å². The SMILES string of the molecule is O=C(c1ccon1)N1C[C@H]2C[C@@H](C1)[C@H](C(=O)N1C[C@H]3CCC[C@H]3C1)N1C(=O)CCC[C@@H]21. The standard InChI is InChI=1S/C23H30N4O4/c28-20-6-2-5-19-16-9-17(13-25(12-16)22(29)18-7-8-31-24-18)21(27(19)20)23(30)26-10-14-3-1-4-15(14)11-26/h7-8,14-17,19,21H,1-6,9-13H2/t14-,15+,16-,17+,19+,21-/m1/s1. The molecule has 6 rings (SSSR count). The molecule has 0 aromatic carbocycles. The summed E-state index contributed by atoms with van der Waals surface area (Å²) in [5.74, 6) is 1.57. The molecule has 4 saturated heterocycles. The summed E-state index contributed by atoms with van der Waals surface area (Å²) in [6.45, 7) is 2.79. The van der Waals surface area contributed by atoms with Crippen molar-refractivity contribution in [3.8, 4) is 0 Å². The van der Waals surface area contributed by atoms with E-state index in [1.54, 1.807) is 6.07 Å². The van der Waals surface area contributed by atoms with E-state index in [2.05, 4.69) is 5.16 Å². The number of carbonyl (C=O) groups is 3. The third-order valence-electron chi connectivity index (χ3n) is 8.58. The first-order chi connectivity index (χ1) is 15.1. The summed E-state index contributed by atoms with van der Waals surface area (Å²) in [5.41, 5.74) is 0.312. The number of carbonyl (C=O) groups excluding carboxylic acids is 3. The van der Waals surface area contributed by atoms with E-state index < -0.39 is 6.04 Å². The Morgan fingerprint density at radius 1 is 0.935 bits per heavy atom. The van der Waals surface area contributed by atoms with Gasteiger partial charge in [-0.1, -0.05) is 11.6 Å². The molecule has 1 aliphatic carbocycles. The lowest BCUT2D eigenvalue weighted by molar-refractivity contribution is -0.163. The molecule has 31 heavy (non-hydrogen) atoms. The average Bonchev–Trinajstić information content (AvgIpc) is 3.51. The molecule has 0 radical (unpaired) electrons. The first-order valence-corrected chi connectivity index (χ1v) is 11.9. The third kappa shape index (κ3) is 3.09. The van der Waals surface area contributed by atoms with Crippen LogP contribution >= 0.6 is 0 Å². The van der Waals surface area contributed by atoms with Crippen molar-refractivity contribution in [3.05, 3.63) is 18.0 Å². The molecule has 1 aromatic heterocycles. The third-order valence-corrected chi connectivity index (χ3v) is 8.58. The highest BCUT2D eigenvalue weighted by Crippen LogP contribution is 2.44. The van der Waals surface area contributed by atoms with Crippen molar-refractivity contribution in [1.82, 2.24) is 19.9 Å². The van der Waals surface area contributed by atoms with E-state index in [1.807, 2.05) is 14.7 Å². The summed E-state index contributed by atoms with van der Waals surface area (Å²) in [5, 5.41) is 3.82. The van der Waals surface area contributed by atoms with Crippen LogP contribution in [0.3, 0.4) is 0 Å². The van der Waals surface area contributed by atoms with Crippen LogP contribution in [0.25, 0.3) is 0 Å². The quantitative estimate of drug-likeness (QED) is 0.719. The van der Waals surface area contributed by atoms with Crippen molar-refractivity contribution in [3.63, 3.8) is 0 Å². The van der Waals surface area contributed by atoms with Gasteiger partial charge in [-0.3, -0.25) is 14.4 Å². The number of amides is 3. The highest BCUT2D eigenvalue weighted by molar-refractivity contribution is 5.93. The van der Waals surface area contributed by atoms with E-state index in [0.29, 0.717) is 37.0 Å². The molecule has 8 heteroatoms. The number of hydrogen-bond acceptors (Lipinski definition) is 5. The minimum absolute atomic E-state index is 0.0131. The summed E-state index contributed by atoms with van der Waals surface area (Å²) < 4.78 is 4.87. The van der Waals surface area contributed by atoms with Crippen molar-refractivity contribution in [2.24, 2.45) is 23.7 Å². The molecule has 5 fully saturated rings. The topological polar surface area (TPSA) is 87.0 Å². The van der Waals surface area contributed by atoms with Gasteiger partial charge >= 0.3 is 0 Å². The van der Waals surface area contributed by atoms with Crippen LogP contribution in [0.5, 0.6) is 0 Å². The van der Waals surface area contributed by atoms with E-state index >= 15 is 0 Å². The largest absolute Gasteiger partial charge is 0.364 e. The lowest BCUT2D eigenvalue weighted by atomic mass is 9.71. The fraction of sp³-hybridized carbons (Fsp3) is 0.739. The summed E-state index contributed by atoms with van der Waals surface area (Å²) in [7, 11) is 0. The van der Waals surface area contributed by atoms with Crippen LogP contribution in [0.2, 0.25) is 0 Å². The molecule has 2 bridgehead atoms. The highest BCUT2D eigenvalue weighted by Gasteiger charge is 2.54. The Balaban J connectivity index is 1.29. The van der Waals surface area contributed by atoms with Crippen LogP contribution in [-0.2, 0) is 9.59 Å². The van der Waals surface area contributed by atoms with Crippen molar-refractivity contribution in [2.75, 3.05) is 26.2 Å². The summed E-state index contributed by atoms with van der Waals surface area (Å²) in [4.78, 5) is 45.7. The zero-order valence-electron chi connectivity index (χ0n) is 17.8. The minimum atomic E-state index is -0.430. The zero-order valence-corrected chi connectivity index (χ0v) is 17.8. The molecule has 0 unspecified atom stereocenters. The van der Waals surface area contributed by atoms with E-state index in [1.165, 1.54) is 25.5 Å². The Labute approximate surface area is 181 Å². The maximum absolute atomic E-state index is 13.8. The lowest BCUT2D eigenvalue weighted by Gasteiger charge is -2.56. The van der Waals surface area contributed by atoms with Gasteiger partial charge in [0.05, 0.1) is 0 Å². The molecular formula is C23H30N4O4. The van der Waals surface area contributed by atoms with Gasteiger partial charge in [0.15, 0.2) is 5.69 Å². The Morgan fingerprint density at radius 2 is 1.68 bits per heavy atom. The second-order valence-corrected chi connectivity index (χ2v) is 10.3. The van der Waals surface area contributed by atoms with Crippen molar-refractivity contribution >= 4 is 17.7 Å². The molecule has 4 aliphatic heterocycles. The second kappa shape index (κ2) is 7.35. The Hall–Kier alpha value is -2.38. The van der Waals surface area contributed by atoms with Gasteiger partial charge in [-0.2, -0.15) is 0 Å². The lowest BCUT2D eigenvalue weighted by Crippen LogP contribution is -2.68. The molecule has 1 aromatic rings. The normalized spacial score (nSPS) is 37.0. The molecule has 6 atom stereocenters. The van der Waals surface area contributed by atoms with Crippen LogP contribution in [0.4, 0.5) is 0 Å². The molecule has 8 nitrogen and oxygen atoms in total. The molecule has 5 aliphatic rings. The molecule has 166 valence electrons. The number of aromatic nitrogens is 1. The number of rotatable bonds is 2. The van der Waals surface area contributed by atoms with Gasteiger partial charge in [-0.05, 0) is 49.9 Å². The maximum Gasteiger partial charge on any atom is 0.276 e. The molecule has 5 heterocycles. The average molecular weight is 427 g/mol. The maximum atomic E-state index is 13.8. The predicted octanol–water partition coefficient (Wildman–Crippen LogP) is 1.77. The van der Waals surface area contributed by atoms with Gasteiger partial charge in [0.2, 0.25) is 11.8 Å². The van der Waals surface area contributed by atoms with Crippen LogP contribution in [0.1, 0.15) is 55.4 Å². The molecule has 0 spiro atoms. The van der Waals surface area contributed by atoms with Gasteiger partial charge in [-0.25, -0.2) is 0 Å². The zero-order chi connectivity index (χ0) is 21.1. The van der Waals surface area contributed by atoms with E-state index in [9.17, 15) is 14.4 Å². The summed E-state index contributed by atoms with van der Waals surface area (Å²) in [6.07, 6.45) is 8.36. The van der Waals surface area contributed by atoms with Gasteiger partial charge in [0.1, 0.15) is 12.3 Å². The fourth-order valence-electron chi connectivity index (χ4n) is 7.23. The summed E-state index contributed by atoms with van der Waals surface area (Å²) >= 11 is 0. The number of piperidine rings is 3. The van der Waals surface area contributed by atoms with Crippen molar-refractivity contribution < 1.29 is 18.9 Å². The second-order valence-electron chi connectivity index (χ2n) is 10.3. The Kier molecular flexibility index (Phi) is 4.58. The monoisotopic (exact) mass is 426 g/mol. The minimum Gasteiger partial charge on any atom is -0.364 e. The number of nitrogens with zero attached hydrogens (tertiary/aromatic N) is 4. The van der Waals surface area contributed by atoms with Crippen LogP contribution in [-0.4, -0.2) is 75.8 Å². The van der Waals surface area contributed by atoms with Gasteiger partial charge in [0, 0.05) is 50.6 Å². The number of likely N-dealkylation sites (tertiary alicyclic amines) is 2. The van der Waals surface area contributed by atoms with Crippen LogP contribution < -0.4 is 0 Å². The summed E-state index contributed by atoms with van der Waals surface area (Å²) in [6, 6.07) is 1.22. The van der Waals surface area contributed by atoms with E-state index in [4.69, 9.17) is 4.52 Å². The number of hydrogen-bond donors (Lipinski definition) is 0. The Bertz CT molecular complexity index is 874. The smallest absolute Gasteiger partial charge is 0.276 e. The first-order valence-electron chi connectivity index (χ1n) is 11.9. The van der Waals surface area contributed by atoms with Crippen molar-refractivity contribution in [1.29, 1.82) is 0 Å². The van der Waals surface area contributed by atoms with Crippen LogP contribution in [0.15, 0.2) is 16.9 Å². The Morgan fingerprint density at radius 3 is 2.42 bits per heavy atom. The number of fused-ring (bicyclic) bond motifs is 5.